The van der Waals surface area contributed by atoms with Crippen molar-refractivity contribution in [1.82, 2.24) is 4.57 Å². The van der Waals surface area contributed by atoms with Crippen molar-refractivity contribution in [3.63, 3.8) is 0 Å². The van der Waals surface area contributed by atoms with Gasteiger partial charge in [0.05, 0.1) is 11.1 Å². The van der Waals surface area contributed by atoms with Crippen LogP contribution in [-0.2, 0) is 11.3 Å². The Bertz CT molecular complexity index is 1510. The standard InChI is InChI=1S/C27H25N5O3/c1-17(33)19-6-3-7-21(13-19)31-25(34)16-32-12-11-18-5-4-8-24(26(18)27(32)35)30-22-9-10-23(29-2)20(14-22)15-28/h3-15,28-30H,16H2,1-2H3,(H,31,34). The van der Waals surface area contributed by atoms with Crippen molar-refractivity contribution in [2.75, 3.05) is 23.0 Å². The van der Waals surface area contributed by atoms with E-state index in [2.05, 4.69) is 16.0 Å². The molecule has 0 spiro atoms. The van der Waals surface area contributed by atoms with Gasteiger partial charge in [0.25, 0.3) is 5.56 Å². The molecule has 0 aliphatic rings. The first-order chi connectivity index (χ1) is 16.9. The van der Waals surface area contributed by atoms with Gasteiger partial charge in [0, 0.05) is 47.6 Å². The molecule has 4 N–H and O–H groups in total. The number of hydrogen-bond donors (Lipinski definition) is 4. The summed E-state index contributed by atoms with van der Waals surface area (Å²) in [4.78, 5) is 37.6. The van der Waals surface area contributed by atoms with Crippen LogP contribution in [0, 0.1) is 5.41 Å². The Balaban J connectivity index is 1.62. The van der Waals surface area contributed by atoms with E-state index in [1.165, 1.54) is 17.7 Å². The van der Waals surface area contributed by atoms with Crippen LogP contribution in [0.3, 0.4) is 0 Å². The van der Waals surface area contributed by atoms with E-state index in [4.69, 9.17) is 5.41 Å². The van der Waals surface area contributed by atoms with Crippen molar-refractivity contribution in [3.8, 4) is 0 Å². The van der Waals surface area contributed by atoms with Crippen LogP contribution in [0.25, 0.3) is 10.8 Å². The SMILES string of the molecule is CNc1ccc(Nc2cccc3ccn(CC(=O)Nc4cccc(C(C)=O)c4)c(=O)c23)cc1C=N. The molecule has 0 saturated carbocycles. The van der Waals surface area contributed by atoms with Gasteiger partial charge < -0.3 is 25.9 Å². The third-order valence-electron chi connectivity index (χ3n) is 5.63. The van der Waals surface area contributed by atoms with Gasteiger partial charge in [-0.05, 0) is 54.8 Å². The number of nitrogens with zero attached hydrogens (tertiary/aromatic N) is 1. The number of ketones is 1. The monoisotopic (exact) mass is 467 g/mol. The molecule has 1 heterocycles. The minimum Gasteiger partial charge on any atom is -0.388 e. The maximum Gasteiger partial charge on any atom is 0.261 e. The Morgan fingerprint density at radius 1 is 0.971 bits per heavy atom. The maximum absolute atomic E-state index is 13.3. The quantitative estimate of drug-likeness (QED) is 0.223. The zero-order valence-corrected chi connectivity index (χ0v) is 19.4. The summed E-state index contributed by atoms with van der Waals surface area (Å²) in [5, 5.41) is 17.9. The first-order valence-corrected chi connectivity index (χ1v) is 11.0. The van der Waals surface area contributed by atoms with E-state index in [9.17, 15) is 14.4 Å². The second kappa shape index (κ2) is 10.0. The van der Waals surface area contributed by atoms with Crippen LogP contribution in [0.1, 0.15) is 22.8 Å². The number of carbonyl (C=O) groups excluding carboxylic acids is 2. The van der Waals surface area contributed by atoms with Crippen LogP contribution in [0.2, 0.25) is 0 Å². The first kappa shape index (κ1) is 23.4. The lowest BCUT2D eigenvalue weighted by Crippen LogP contribution is -2.27. The summed E-state index contributed by atoms with van der Waals surface area (Å²) in [5.41, 5.74) is 3.54. The Hall–Kier alpha value is -4.72. The highest BCUT2D eigenvalue weighted by atomic mass is 16.2. The predicted molar refractivity (Wildman–Crippen MR) is 140 cm³/mol. The minimum atomic E-state index is -0.379. The lowest BCUT2D eigenvalue weighted by Gasteiger charge is -2.14. The fourth-order valence-corrected chi connectivity index (χ4v) is 3.87. The van der Waals surface area contributed by atoms with Gasteiger partial charge in [-0.2, -0.15) is 0 Å². The molecule has 176 valence electrons. The molecule has 0 bridgehead atoms. The lowest BCUT2D eigenvalue weighted by atomic mass is 10.1. The smallest absolute Gasteiger partial charge is 0.261 e. The fourth-order valence-electron chi connectivity index (χ4n) is 3.87. The van der Waals surface area contributed by atoms with Crippen molar-refractivity contribution in [3.05, 3.63) is 94.4 Å². The largest absolute Gasteiger partial charge is 0.388 e. The van der Waals surface area contributed by atoms with E-state index in [1.54, 1.807) is 49.6 Å². The predicted octanol–water partition coefficient (Wildman–Crippen LogP) is 4.63. The Morgan fingerprint density at radius 3 is 2.51 bits per heavy atom. The molecular weight excluding hydrogens is 442 g/mol. The average Bonchev–Trinajstić information content (AvgIpc) is 2.85. The summed E-state index contributed by atoms with van der Waals surface area (Å²) in [6.07, 6.45) is 2.85. The number of nitrogens with one attached hydrogen (secondary N) is 4. The molecule has 0 aliphatic carbocycles. The molecule has 8 heteroatoms. The molecule has 0 saturated heterocycles. The van der Waals surface area contributed by atoms with Crippen LogP contribution in [0.15, 0.2) is 77.7 Å². The Morgan fingerprint density at radius 2 is 1.77 bits per heavy atom. The van der Waals surface area contributed by atoms with E-state index >= 15 is 0 Å². The highest BCUT2D eigenvalue weighted by Gasteiger charge is 2.12. The van der Waals surface area contributed by atoms with Crippen LogP contribution < -0.4 is 21.5 Å². The molecular formula is C27H25N5O3. The third-order valence-corrected chi connectivity index (χ3v) is 5.63. The molecule has 1 aromatic heterocycles. The van der Waals surface area contributed by atoms with Crippen LogP contribution in [-0.4, -0.2) is 29.5 Å². The Labute approximate surface area is 202 Å². The number of Topliss-reactive ketones (excluding diaryl/α,β-unsaturated/α-hetero) is 1. The number of fused-ring (bicyclic) bond motifs is 1. The van der Waals surface area contributed by atoms with Gasteiger partial charge in [0.2, 0.25) is 5.91 Å². The number of carbonyl (C=O) groups is 2. The van der Waals surface area contributed by atoms with Crippen molar-refractivity contribution < 1.29 is 9.59 Å². The van der Waals surface area contributed by atoms with Crippen molar-refractivity contribution in [1.29, 1.82) is 5.41 Å². The number of rotatable bonds is 8. The van der Waals surface area contributed by atoms with Gasteiger partial charge in [-0.1, -0.05) is 24.3 Å². The summed E-state index contributed by atoms with van der Waals surface area (Å²) >= 11 is 0. The highest BCUT2D eigenvalue weighted by Crippen LogP contribution is 2.26. The molecule has 3 aromatic carbocycles. The van der Waals surface area contributed by atoms with E-state index in [1.807, 2.05) is 30.3 Å². The average molecular weight is 468 g/mol. The molecule has 1 amide bonds. The molecule has 4 rings (SSSR count). The molecule has 0 radical (unpaired) electrons. The van der Waals surface area contributed by atoms with Gasteiger partial charge in [-0.3, -0.25) is 14.4 Å². The van der Waals surface area contributed by atoms with E-state index in [-0.39, 0.29) is 23.8 Å². The van der Waals surface area contributed by atoms with Crippen molar-refractivity contribution in [2.45, 2.75) is 13.5 Å². The number of benzene rings is 3. The van der Waals surface area contributed by atoms with E-state index < -0.39 is 0 Å². The van der Waals surface area contributed by atoms with Crippen LogP contribution in [0.5, 0.6) is 0 Å². The summed E-state index contributed by atoms with van der Waals surface area (Å²) in [6, 6.07) is 19.5. The zero-order chi connectivity index (χ0) is 24.9. The summed E-state index contributed by atoms with van der Waals surface area (Å²) in [7, 11) is 1.79. The van der Waals surface area contributed by atoms with Crippen molar-refractivity contribution in [2.24, 2.45) is 0 Å². The molecule has 0 fully saturated rings. The number of aromatic nitrogens is 1. The third kappa shape index (κ3) is 5.11. The molecule has 4 aromatic rings. The first-order valence-electron chi connectivity index (χ1n) is 11.0. The summed E-state index contributed by atoms with van der Waals surface area (Å²) < 4.78 is 1.35. The highest BCUT2D eigenvalue weighted by molar-refractivity contribution is 5.98. The van der Waals surface area contributed by atoms with Crippen molar-refractivity contribution >= 4 is 51.4 Å². The number of pyridine rings is 1. The maximum atomic E-state index is 13.3. The number of amides is 1. The fraction of sp³-hybridized carbons (Fsp3) is 0.111. The zero-order valence-electron chi connectivity index (χ0n) is 19.4. The summed E-state index contributed by atoms with van der Waals surface area (Å²) in [5.74, 6) is -0.476. The normalized spacial score (nSPS) is 10.6. The molecule has 35 heavy (non-hydrogen) atoms. The molecule has 0 unspecified atom stereocenters. The van der Waals surface area contributed by atoms with E-state index in [0.717, 1.165) is 16.8 Å². The lowest BCUT2D eigenvalue weighted by molar-refractivity contribution is -0.116. The van der Waals surface area contributed by atoms with Crippen LogP contribution >= 0.6 is 0 Å². The van der Waals surface area contributed by atoms with Gasteiger partial charge in [-0.25, -0.2) is 0 Å². The molecule has 0 aliphatic heterocycles. The Kier molecular flexibility index (Phi) is 6.73. The van der Waals surface area contributed by atoms with Gasteiger partial charge in [0.15, 0.2) is 5.78 Å². The van der Waals surface area contributed by atoms with E-state index in [0.29, 0.717) is 27.9 Å². The summed E-state index contributed by atoms with van der Waals surface area (Å²) in [6.45, 7) is 1.28. The van der Waals surface area contributed by atoms with Gasteiger partial charge in [-0.15, -0.1) is 0 Å². The number of anilines is 4. The van der Waals surface area contributed by atoms with Gasteiger partial charge >= 0.3 is 0 Å². The van der Waals surface area contributed by atoms with Crippen LogP contribution in [0.4, 0.5) is 22.7 Å². The topological polar surface area (TPSA) is 116 Å². The number of hydrogen-bond acceptors (Lipinski definition) is 6. The second-order valence-corrected chi connectivity index (χ2v) is 8.03. The van der Waals surface area contributed by atoms with Gasteiger partial charge in [0.1, 0.15) is 6.54 Å². The molecule has 0 atom stereocenters. The molecule has 8 nitrogen and oxygen atoms in total. The second-order valence-electron chi connectivity index (χ2n) is 8.03. The minimum absolute atomic E-state index is 0.0970.